The molecule has 18 heavy (non-hydrogen) atoms. The fraction of sp³-hybridized carbons (Fsp3) is 0.357. The molecular formula is C14H18BrN3. The lowest BCUT2D eigenvalue weighted by molar-refractivity contribution is 0.658. The van der Waals surface area contributed by atoms with Crippen molar-refractivity contribution in [2.75, 3.05) is 0 Å². The smallest absolute Gasteiger partial charge is 0.0583 e. The summed E-state index contributed by atoms with van der Waals surface area (Å²) in [6.07, 6.45) is 3.86. The van der Waals surface area contributed by atoms with Gasteiger partial charge in [-0.05, 0) is 37.5 Å². The highest BCUT2D eigenvalue weighted by molar-refractivity contribution is 9.10. The van der Waals surface area contributed by atoms with Gasteiger partial charge in [-0.2, -0.15) is 5.10 Å². The van der Waals surface area contributed by atoms with E-state index in [1.807, 2.05) is 17.1 Å². The van der Waals surface area contributed by atoms with Crippen LogP contribution in [0.15, 0.2) is 29.0 Å². The highest BCUT2D eigenvalue weighted by atomic mass is 79.9. The second-order valence-corrected chi connectivity index (χ2v) is 5.37. The molecule has 2 N–H and O–H groups in total. The maximum absolute atomic E-state index is 6.30. The third kappa shape index (κ3) is 2.49. The van der Waals surface area contributed by atoms with Gasteiger partial charge >= 0.3 is 0 Å². The van der Waals surface area contributed by atoms with E-state index in [9.17, 15) is 0 Å². The van der Waals surface area contributed by atoms with Gasteiger partial charge in [-0.3, -0.25) is 4.68 Å². The first-order valence-electron chi connectivity index (χ1n) is 6.07. The Balaban J connectivity index is 2.36. The molecule has 0 radical (unpaired) electrons. The second-order valence-electron chi connectivity index (χ2n) is 4.58. The summed E-state index contributed by atoms with van der Waals surface area (Å²) in [5.74, 6) is 0. The van der Waals surface area contributed by atoms with E-state index in [-0.39, 0.29) is 6.04 Å². The average Bonchev–Trinajstić information content (AvgIpc) is 2.83. The zero-order chi connectivity index (χ0) is 13.3. The molecule has 0 aliphatic rings. The van der Waals surface area contributed by atoms with E-state index in [0.717, 1.165) is 22.1 Å². The van der Waals surface area contributed by atoms with Gasteiger partial charge in [0.25, 0.3) is 0 Å². The van der Waals surface area contributed by atoms with Crippen LogP contribution >= 0.6 is 15.9 Å². The Morgan fingerprint density at radius 2 is 1.89 bits per heavy atom. The van der Waals surface area contributed by atoms with E-state index in [1.165, 1.54) is 11.1 Å². The molecule has 0 amide bonds. The number of halogens is 1. The van der Waals surface area contributed by atoms with Crippen LogP contribution in [0.1, 0.15) is 35.2 Å². The van der Waals surface area contributed by atoms with Crippen LogP contribution in [0.5, 0.6) is 0 Å². The summed E-state index contributed by atoms with van der Waals surface area (Å²) in [5.41, 5.74) is 10.9. The minimum absolute atomic E-state index is 0.115. The molecular weight excluding hydrogens is 290 g/mol. The highest BCUT2D eigenvalue weighted by Gasteiger charge is 2.13. The summed E-state index contributed by atoms with van der Waals surface area (Å²) < 4.78 is 3.05. The van der Waals surface area contributed by atoms with Crippen LogP contribution in [0.4, 0.5) is 0 Å². The van der Waals surface area contributed by atoms with Crippen molar-refractivity contribution in [2.45, 2.75) is 33.4 Å². The molecule has 1 unspecified atom stereocenters. The summed E-state index contributed by atoms with van der Waals surface area (Å²) in [5, 5.41) is 4.27. The molecule has 1 aromatic heterocycles. The number of rotatable bonds is 3. The van der Waals surface area contributed by atoms with Gasteiger partial charge in [-0.25, -0.2) is 0 Å². The Bertz CT molecular complexity index is 537. The zero-order valence-electron chi connectivity index (χ0n) is 10.9. The molecule has 96 valence electrons. The third-order valence-electron chi connectivity index (χ3n) is 3.15. The number of hydrogen-bond acceptors (Lipinski definition) is 2. The van der Waals surface area contributed by atoms with E-state index in [4.69, 9.17) is 5.73 Å². The van der Waals surface area contributed by atoms with Gasteiger partial charge in [0.15, 0.2) is 0 Å². The van der Waals surface area contributed by atoms with Gasteiger partial charge in [0.1, 0.15) is 0 Å². The number of nitrogens with two attached hydrogens (primary N) is 1. The standard InChI is InChI=1S/C14H18BrN3/c1-4-18-8-12(7-17-18)14(16)11-5-9(2)13(15)10(3)6-11/h5-8,14H,4,16H2,1-3H3. The molecule has 0 saturated heterocycles. The summed E-state index contributed by atoms with van der Waals surface area (Å²) in [4.78, 5) is 0. The molecule has 4 heteroatoms. The van der Waals surface area contributed by atoms with E-state index in [1.54, 1.807) is 0 Å². The minimum atomic E-state index is -0.115. The normalized spacial score (nSPS) is 12.7. The molecule has 0 spiro atoms. The van der Waals surface area contributed by atoms with Crippen LogP contribution in [0.25, 0.3) is 0 Å². The fourth-order valence-corrected chi connectivity index (χ4v) is 2.29. The van der Waals surface area contributed by atoms with Crippen molar-refractivity contribution in [3.8, 4) is 0 Å². The first-order valence-corrected chi connectivity index (χ1v) is 6.86. The maximum atomic E-state index is 6.30. The number of benzene rings is 1. The SMILES string of the molecule is CCn1cc(C(N)c2cc(C)c(Br)c(C)c2)cn1. The summed E-state index contributed by atoms with van der Waals surface area (Å²) in [7, 11) is 0. The van der Waals surface area contributed by atoms with Crippen LogP contribution in [0.2, 0.25) is 0 Å². The predicted octanol–water partition coefficient (Wildman–Crippen LogP) is 3.33. The summed E-state index contributed by atoms with van der Waals surface area (Å²) >= 11 is 3.58. The molecule has 2 rings (SSSR count). The minimum Gasteiger partial charge on any atom is -0.320 e. The molecule has 0 saturated carbocycles. The Morgan fingerprint density at radius 1 is 1.28 bits per heavy atom. The average molecular weight is 308 g/mol. The van der Waals surface area contributed by atoms with E-state index in [2.05, 4.69) is 53.9 Å². The monoisotopic (exact) mass is 307 g/mol. The van der Waals surface area contributed by atoms with Crippen LogP contribution in [0.3, 0.4) is 0 Å². The first-order chi connectivity index (χ1) is 8.52. The predicted molar refractivity (Wildman–Crippen MR) is 77.5 cm³/mol. The van der Waals surface area contributed by atoms with Crippen LogP contribution < -0.4 is 5.73 Å². The van der Waals surface area contributed by atoms with Crippen LogP contribution in [-0.2, 0) is 6.54 Å². The Labute approximate surface area is 116 Å². The van der Waals surface area contributed by atoms with Crippen molar-refractivity contribution < 1.29 is 0 Å². The number of hydrogen-bond donors (Lipinski definition) is 1. The second kappa shape index (κ2) is 5.24. The Morgan fingerprint density at radius 3 is 2.39 bits per heavy atom. The topological polar surface area (TPSA) is 43.8 Å². The molecule has 0 aliphatic carbocycles. The summed E-state index contributed by atoms with van der Waals surface area (Å²) in [6, 6.07) is 4.14. The molecule has 0 aliphatic heterocycles. The van der Waals surface area contributed by atoms with Gasteiger partial charge in [-0.1, -0.05) is 28.1 Å². The largest absolute Gasteiger partial charge is 0.320 e. The summed E-state index contributed by atoms with van der Waals surface area (Å²) in [6.45, 7) is 7.10. The Kier molecular flexibility index (Phi) is 3.88. The van der Waals surface area contributed by atoms with Crippen molar-refractivity contribution >= 4 is 15.9 Å². The Hall–Kier alpha value is -1.13. The van der Waals surface area contributed by atoms with E-state index >= 15 is 0 Å². The van der Waals surface area contributed by atoms with Gasteiger partial charge in [-0.15, -0.1) is 0 Å². The number of aromatic nitrogens is 2. The van der Waals surface area contributed by atoms with Crippen molar-refractivity contribution in [1.29, 1.82) is 0 Å². The van der Waals surface area contributed by atoms with Crippen molar-refractivity contribution in [2.24, 2.45) is 5.73 Å². The zero-order valence-corrected chi connectivity index (χ0v) is 12.5. The maximum Gasteiger partial charge on any atom is 0.0583 e. The third-order valence-corrected chi connectivity index (χ3v) is 4.41. The molecule has 1 heterocycles. The number of nitrogens with zero attached hydrogens (tertiary/aromatic N) is 2. The molecule has 1 atom stereocenters. The van der Waals surface area contributed by atoms with Crippen molar-refractivity contribution in [3.63, 3.8) is 0 Å². The van der Waals surface area contributed by atoms with Crippen molar-refractivity contribution in [3.05, 3.63) is 51.3 Å². The van der Waals surface area contributed by atoms with Crippen LogP contribution in [0, 0.1) is 13.8 Å². The highest BCUT2D eigenvalue weighted by Crippen LogP contribution is 2.27. The van der Waals surface area contributed by atoms with E-state index in [0.29, 0.717) is 0 Å². The van der Waals surface area contributed by atoms with Gasteiger partial charge in [0, 0.05) is 22.8 Å². The number of aryl methyl sites for hydroxylation is 3. The molecule has 0 bridgehead atoms. The molecule has 1 aromatic carbocycles. The fourth-order valence-electron chi connectivity index (χ4n) is 2.06. The lowest BCUT2D eigenvalue weighted by atomic mass is 9.98. The van der Waals surface area contributed by atoms with Gasteiger partial charge < -0.3 is 5.73 Å². The van der Waals surface area contributed by atoms with E-state index < -0.39 is 0 Å². The quantitative estimate of drug-likeness (QED) is 0.945. The van der Waals surface area contributed by atoms with Gasteiger partial charge in [0.2, 0.25) is 0 Å². The lowest BCUT2D eigenvalue weighted by Gasteiger charge is -2.13. The molecule has 3 nitrogen and oxygen atoms in total. The first kappa shape index (κ1) is 13.3. The molecule has 2 aromatic rings. The van der Waals surface area contributed by atoms with Gasteiger partial charge in [0.05, 0.1) is 12.2 Å². The molecule has 0 fully saturated rings. The van der Waals surface area contributed by atoms with Crippen molar-refractivity contribution in [1.82, 2.24) is 9.78 Å². The lowest BCUT2D eigenvalue weighted by Crippen LogP contribution is -2.11. The van der Waals surface area contributed by atoms with Crippen LogP contribution in [-0.4, -0.2) is 9.78 Å².